The summed E-state index contributed by atoms with van der Waals surface area (Å²) in [5.74, 6) is 10.6. The van der Waals surface area contributed by atoms with Crippen molar-refractivity contribution in [2.24, 2.45) is 0 Å². The molecule has 0 heterocycles. The zero-order chi connectivity index (χ0) is 32.2. The molecule has 0 aromatic rings. The topological polar surface area (TPSA) is 119 Å². The Bertz CT molecular complexity index is 673. The maximum absolute atomic E-state index is 12.2. The molecule has 8 nitrogen and oxygen atoms in total. The number of thioether (sulfide) groups is 11. The molecule has 0 bridgehead atoms. The first kappa shape index (κ1) is 47.0. The van der Waals surface area contributed by atoms with E-state index in [0.717, 1.165) is 72.8 Å². The van der Waals surface area contributed by atoms with Gasteiger partial charge in [-0.3, -0.25) is 13.8 Å². The van der Waals surface area contributed by atoms with Crippen molar-refractivity contribution < 1.29 is 38.5 Å². The Morgan fingerprint density at radius 1 is 0.545 bits per heavy atom. The normalized spacial score (nSPS) is 12.0. The van der Waals surface area contributed by atoms with Crippen molar-refractivity contribution in [3.63, 3.8) is 0 Å². The average molecular weight is 847 g/mol. The first-order valence-corrected chi connectivity index (χ1v) is 27.5. The summed E-state index contributed by atoms with van der Waals surface area (Å²) in [6.07, 6.45) is 0. The molecule has 0 aliphatic carbocycles. The molecular weight excluding hydrogens is 801 g/mol. The zero-order valence-electron chi connectivity index (χ0n) is 24.8. The molecule has 0 aromatic carbocycles. The Kier molecular flexibility index (Phi) is 43.1. The van der Waals surface area contributed by atoms with Crippen molar-refractivity contribution in [1.82, 2.24) is 0 Å². The number of aliphatic hydroxyl groups is 2. The minimum atomic E-state index is -0.818. The number of carbonyl (C=O) groups is 2. The quantitative estimate of drug-likeness (QED) is 0.0270. The van der Waals surface area contributed by atoms with Crippen LogP contribution in [0.4, 0.5) is 0 Å². The second-order valence-electron chi connectivity index (χ2n) is 7.63. The second kappa shape index (κ2) is 40.4. The highest BCUT2D eigenvalue weighted by molar-refractivity contribution is 8.25. The Morgan fingerprint density at radius 2 is 1.07 bits per heavy atom. The minimum Gasteiger partial charge on any atom is -0.464 e. The molecule has 1 atom stereocenters. The molecule has 0 amide bonds. The van der Waals surface area contributed by atoms with E-state index in [1.807, 2.05) is 0 Å². The van der Waals surface area contributed by atoms with Crippen LogP contribution in [0.15, 0.2) is 0 Å². The average Bonchev–Trinajstić information content (AvgIpc) is 3.02. The Labute approximate surface area is 313 Å². The Hall–Kier alpha value is 2.98. The fourth-order valence-corrected chi connectivity index (χ4v) is 14.1. The van der Waals surface area contributed by atoms with Crippen molar-refractivity contribution in [3.8, 4) is 0 Å². The van der Waals surface area contributed by atoms with Gasteiger partial charge < -0.3 is 14.9 Å². The molecule has 0 saturated carbocycles. The molecular formula is C24H46O8S12. The lowest BCUT2D eigenvalue weighted by molar-refractivity contribution is -0.285. The van der Waals surface area contributed by atoms with E-state index in [1.165, 1.54) is 35.3 Å². The van der Waals surface area contributed by atoms with Gasteiger partial charge in [-0.2, -0.15) is 35.3 Å². The third-order valence-corrected chi connectivity index (χ3v) is 18.2. The summed E-state index contributed by atoms with van der Waals surface area (Å²) in [6, 6.07) is 0. The summed E-state index contributed by atoms with van der Waals surface area (Å²) in [6.45, 7) is 1.52. The molecule has 0 aliphatic rings. The van der Waals surface area contributed by atoms with Crippen molar-refractivity contribution in [2.45, 2.75) is 0 Å². The van der Waals surface area contributed by atoms with Gasteiger partial charge in [0.2, 0.25) is 0 Å². The van der Waals surface area contributed by atoms with Crippen LogP contribution >= 0.6 is 129 Å². The number of ether oxygens (including phenoxy) is 1. The van der Waals surface area contributed by atoms with Gasteiger partial charge in [0.05, 0.1) is 41.7 Å². The lowest BCUT2D eigenvalue weighted by atomic mass is 10.8. The second-order valence-corrected chi connectivity index (χ2v) is 22.7. The van der Waals surface area contributed by atoms with Crippen LogP contribution in [0, 0.1) is 0 Å². The molecule has 0 spiro atoms. The molecule has 2 N–H and O–H groups in total. The van der Waals surface area contributed by atoms with Crippen molar-refractivity contribution in [3.05, 3.63) is 0 Å². The lowest BCUT2D eigenvalue weighted by Gasteiger charge is -2.05. The van der Waals surface area contributed by atoms with Crippen LogP contribution in [0.25, 0.3) is 0 Å². The number of rotatable bonds is 36. The van der Waals surface area contributed by atoms with Gasteiger partial charge in [-0.1, -0.05) is 11.8 Å². The third kappa shape index (κ3) is 39.4. The number of hydrogen-bond acceptors (Lipinski definition) is 19. The standard InChI is InChI=1S/C24H46O8S12/c25-17-41-19-37-4-1-30-23(27)15-35-9-8-34-13-14-44(29)22-40-12-11-39-21-43-24(28)16-36-10-7-33-5-2-31-32-3-6-38-20-42-18-26/h25-26H,1-22H2. The molecule has 0 radical (unpaired) electrons. The van der Waals surface area contributed by atoms with Crippen LogP contribution in [-0.2, 0) is 34.9 Å². The van der Waals surface area contributed by atoms with Crippen LogP contribution in [0.3, 0.4) is 0 Å². The van der Waals surface area contributed by atoms with Crippen LogP contribution in [-0.4, -0.2) is 152 Å². The number of hydrogen-bond donors (Lipinski definition) is 2. The number of esters is 1. The van der Waals surface area contributed by atoms with Crippen LogP contribution < -0.4 is 0 Å². The van der Waals surface area contributed by atoms with Gasteiger partial charge >= 0.3 is 5.97 Å². The maximum Gasteiger partial charge on any atom is 0.315 e. The monoisotopic (exact) mass is 846 g/mol. The van der Waals surface area contributed by atoms with Crippen molar-refractivity contribution in [1.29, 1.82) is 0 Å². The van der Waals surface area contributed by atoms with Gasteiger partial charge in [0.25, 0.3) is 0 Å². The van der Waals surface area contributed by atoms with Crippen LogP contribution in [0.5, 0.6) is 0 Å². The molecule has 1 unspecified atom stereocenters. The summed E-state index contributed by atoms with van der Waals surface area (Å²) in [5.41, 5.74) is 0. The predicted octanol–water partition coefficient (Wildman–Crippen LogP) is 5.55. The molecule has 0 rings (SSSR count). The summed E-state index contributed by atoms with van der Waals surface area (Å²) < 4.78 is 17.3. The molecule has 0 aromatic heterocycles. The Balaban J connectivity index is 3.31. The van der Waals surface area contributed by atoms with E-state index in [0.29, 0.717) is 42.2 Å². The van der Waals surface area contributed by atoms with Crippen LogP contribution in [0.2, 0.25) is 0 Å². The first-order chi connectivity index (χ1) is 21.6. The van der Waals surface area contributed by atoms with Gasteiger partial charge in [0, 0.05) is 89.3 Å². The summed E-state index contributed by atoms with van der Waals surface area (Å²) in [7, 11) is -0.818. The highest BCUT2D eigenvalue weighted by Crippen LogP contribution is 2.18. The van der Waals surface area contributed by atoms with Crippen LogP contribution in [0.1, 0.15) is 0 Å². The van der Waals surface area contributed by atoms with E-state index in [1.54, 1.807) is 94.1 Å². The van der Waals surface area contributed by atoms with Gasteiger partial charge in [0.1, 0.15) is 6.61 Å². The molecule has 0 saturated heterocycles. The van der Waals surface area contributed by atoms with E-state index in [-0.39, 0.29) is 23.0 Å². The van der Waals surface area contributed by atoms with E-state index >= 15 is 0 Å². The first-order valence-electron chi connectivity index (χ1n) is 13.5. The zero-order valence-corrected chi connectivity index (χ0v) is 34.6. The smallest absolute Gasteiger partial charge is 0.315 e. The molecule has 44 heavy (non-hydrogen) atoms. The lowest BCUT2D eigenvalue weighted by Crippen LogP contribution is -2.10. The third-order valence-electron chi connectivity index (χ3n) is 4.24. The van der Waals surface area contributed by atoms with Gasteiger partial charge in [-0.25, -0.2) is 9.78 Å². The van der Waals surface area contributed by atoms with Gasteiger partial charge in [0.15, 0.2) is 5.12 Å². The van der Waals surface area contributed by atoms with E-state index in [4.69, 9.17) is 24.7 Å². The molecule has 262 valence electrons. The van der Waals surface area contributed by atoms with Crippen molar-refractivity contribution in [2.75, 3.05) is 127 Å². The number of carbonyl (C=O) groups excluding carboxylic acids is 2. The fraction of sp³-hybridized carbons (Fsp3) is 0.917. The van der Waals surface area contributed by atoms with Crippen molar-refractivity contribution >= 4 is 151 Å². The van der Waals surface area contributed by atoms with E-state index < -0.39 is 10.8 Å². The Morgan fingerprint density at radius 3 is 1.75 bits per heavy atom. The molecule has 0 fully saturated rings. The highest BCUT2D eigenvalue weighted by atomic mass is 32.2. The SMILES string of the molecule is O=C(CSCCSCCS(=O)CSCCSCSC(=O)CSCCSCCOOCCSCSCO)OCCSCSCO. The van der Waals surface area contributed by atoms with E-state index in [9.17, 15) is 13.8 Å². The molecule has 20 heteroatoms. The summed E-state index contributed by atoms with van der Waals surface area (Å²) in [4.78, 5) is 33.9. The summed E-state index contributed by atoms with van der Waals surface area (Å²) >= 11 is 17.9. The van der Waals surface area contributed by atoms with Gasteiger partial charge in [-0.05, 0) is 0 Å². The van der Waals surface area contributed by atoms with Gasteiger partial charge in [-0.15, -0.1) is 82.3 Å². The maximum atomic E-state index is 12.2. The minimum absolute atomic E-state index is 0.117. The summed E-state index contributed by atoms with van der Waals surface area (Å²) in [5, 5.41) is 20.7. The molecule has 0 aliphatic heterocycles. The highest BCUT2D eigenvalue weighted by Gasteiger charge is 2.06. The van der Waals surface area contributed by atoms with E-state index in [2.05, 4.69) is 0 Å². The fourth-order valence-electron chi connectivity index (χ4n) is 2.31. The largest absolute Gasteiger partial charge is 0.464 e. The number of aliphatic hydroxyl groups excluding tert-OH is 2. The predicted molar refractivity (Wildman–Crippen MR) is 216 cm³/mol.